The first kappa shape index (κ1) is 22.5. The highest BCUT2D eigenvalue weighted by molar-refractivity contribution is 9.10. The Kier molecular flexibility index (Phi) is 6.67. The van der Waals surface area contributed by atoms with Crippen LogP contribution in [0.3, 0.4) is 0 Å². The van der Waals surface area contributed by atoms with E-state index < -0.39 is 17.8 Å². The average Bonchev–Trinajstić information content (AvgIpc) is 3.15. The van der Waals surface area contributed by atoms with E-state index >= 15 is 0 Å². The maximum absolute atomic E-state index is 13.1. The molecule has 0 aliphatic rings. The molecule has 0 bridgehead atoms. The largest absolute Gasteiger partial charge is 0.449 e. The molecule has 0 aliphatic heterocycles. The summed E-state index contributed by atoms with van der Waals surface area (Å²) < 4.78 is 45.9. The maximum Gasteiger partial charge on any atom is 0.449 e. The van der Waals surface area contributed by atoms with E-state index in [0.717, 1.165) is 43.8 Å². The molecule has 0 N–H and O–H groups in total. The van der Waals surface area contributed by atoms with Gasteiger partial charge in [0.1, 0.15) is 0 Å². The summed E-state index contributed by atoms with van der Waals surface area (Å²) in [6.45, 7) is 6.07. The van der Waals surface area contributed by atoms with E-state index in [4.69, 9.17) is 4.42 Å². The summed E-state index contributed by atoms with van der Waals surface area (Å²) in [7, 11) is 0. The molecule has 1 heterocycles. The lowest BCUT2D eigenvalue weighted by Gasteiger charge is -2.23. The van der Waals surface area contributed by atoms with Crippen molar-refractivity contribution in [2.45, 2.75) is 38.4 Å². The van der Waals surface area contributed by atoms with Crippen LogP contribution in [0.5, 0.6) is 0 Å². The Hall–Kier alpha value is -2.19. The molecular formula is C22H19BrF3NO2S. The third-order valence-electron chi connectivity index (χ3n) is 4.37. The number of amides is 1. The summed E-state index contributed by atoms with van der Waals surface area (Å²) in [6, 6.07) is 13.2. The van der Waals surface area contributed by atoms with E-state index in [2.05, 4.69) is 15.9 Å². The quantitative estimate of drug-likeness (QED) is 0.345. The van der Waals surface area contributed by atoms with Gasteiger partial charge in [-0.15, -0.1) is 0 Å². The molecule has 3 rings (SSSR count). The van der Waals surface area contributed by atoms with Gasteiger partial charge in [0, 0.05) is 9.37 Å². The lowest BCUT2D eigenvalue weighted by atomic mass is 10.1. The van der Waals surface area contributed by atoms with Crippen molar-refractivity contribution in [2.75, 3.05) is 0 Å². The number of benzene rings is 2. The monoisotopic (exact) mass is 497 g/mol. The lowest BCUT2D eigenvalue weighted by Crippen LogP contribution is -2.24. The second-order valence-electron chi connectivity index (χ2n) is 6.95. The minimum absolute atomic E-state index is 0.200. The van der Waals surface area contributed by atoms with E-state index in [-0.39, 0.29) is 12.3 Å². The topological polar surface area (TPSA) is 33.5 Å². The number of nitrogens with zero attached hydrogens (tertiary/aromatic N) is 1. The van der Waals surface area contributed by atoms with Crippen LogP contribution in [0.1, 0.15) is 38.6 Å². The second kappa shape index (κ2) is 8.89. The van der Waals surface area contributed by atoms with Gasteiger partial charge in [0.05, 0.1) is 6.54 Å². The Balaban J connectivity index is 1.95. The van der Waals surface area contributed by atoms with Crippen LogP contribution in [0.2, 0.25) is 0 Å². The van der Waals surface area contributed by atoms with E-state index in [1.165, 1.54) is 16.3 Å². The van der Waals surface area contributed by atoms with Crippen molar-refractivity contribution in [3.63, 3.8) is 0 Å². The number of hydrogen-bond donors (Lipinski definition) is 0. The molecule has 8 heteroatoms. The molecule has 0 saturated heterocycles. The predicted octanol–water partition coefficient (Wildman–Crippen LogP) is 7.34. The number of carbonyl (C=O) groups excluding carboxylic acids is 1. The zero-order chi connectivity index (χ0) is 22.1. The number of alkyl halides is 3. The van der Waals surface area contributed by atoms with Crippen LogP contribution in [0, 0.1) is 20.8 Å². The van der Waals surface area contributed by atoms with Crippen molar-refractivity contribution in [1.82, 2.24) is 4.31 Å². The Morgan fingerprint density at radius 3 is 2.17 bits per heavy atom. The smallest absolute Gasteiger partial charge is 0.446 e. The normalized spacial score (nSPS) is 11.6. The van der Waals surface area contributed by atoms with Gasteiger partial charge in [0.15, 0.2) is 5.76 Å². The zero-order valence-electron chi connectivity index (χ0n) is 16.5. The molecule has 2 aromatic carbocycles. The number of furan rings is 1. The van der Waals surface area contributed by atoms with Crippen molar-refractivity contribution in [2.24, 2.45) is 0 Å². The molecular weight excluding hydrogens is 479 g/mol. The van der Waals surface area contributed by atoms with Gasteiger partial charge in [-0.2, -0.15) is 13.2 Å². The van der Waals surface area contributed by atoms with E-state index in [0.29, 0.717) is 0 Å². The molecule has 0 fully saturated rings. The summed E-state index contributed by atoms with van der Waals surface area (Å²) in [5, 5.41) is 0. The van der Waals surface area contributed by atoms with Crippen LogP contribution in [0.15, 0.2) is 62.3 Å². The third-order valence-corrected chi connectivity index (χ3v) is 6.24. The molecule has 0 unspecified atom stereocenters. The first-order valence-corrected chi connectivity index (χ1v) is 10.6. The average molecular weight is 498 g/mol. The Morgan fingerprint density at radius 2 is 1.63 bits per heavy atom. The molecule has 3 aromatic rings. The van der Waals surface area contributed by atoms with Crippen LogP contribution in [-0.4, -0.2) is 10.2 Å². The predicted molar refractivity (Wildman–Crippen MR) is 114 cm³/mol. The van der Waals surface area contributed by atoms with Gasteiger partial charge in [-0.3, -0.25) is 9.10 Å². The van der Waals surface area contributed by atoms with E-state index in [1.807, 2.05) is 57.2 Å². The number of halogens is 4. The molecule has 0 radical (unpaired) electrons. The second-order valence-corrected chi connectivity index (χ2v) is 8.90. The van der Waals surface area contributed by atoms with Crippen molar-refractivity contribution < 1.29 is 22.4 Å². The van der Waals surface area contributed by atoms with E-state index in [9.17, 15) is 18.0 Å². The molecule has 0 atom stereocenters. The third kappa shape index (κ3) is 5.29. The van der Waals surface area contributed by atoms with Crippen LogP contribution in [-0.2, 0) is 12.7 Å². The van der Waals surface area contributed by atoms with Crippen molar-refractivity contribution >= 4 is 33.8 Å². The van der Waals surface area contributed by atoms with Gasteiger partial charge in [-0.25, -0.2) is 0 Å². The molecule has 3 nitrogen and oxygen atoms in total. The van der Waals surface area contributed by atoms with E-state index in [1.54, 1.807) is 0 Å². The van der Waals surface area contributed by atoms with Gasteiger partial charge >= 0.3 is 6.18 Å². The van der Waals surface area contributed by atoms with Crippen molar-refractivity contribution in [1.29, 1.82) is 0 Å². The highest BCUT2D eigenvalue weighted by atomic mass is 79.9. The molecule has 0 aliphatic carbocycles. The molecule has 30 heavy (non-hydrogen) atoms. The lowest BCUT2D eigenvalue weighted by molar-refractivity contribution is -0.153. The summed E-state index contributed by atoms with van der Waals surface area (Å²) in [5.41, 5.74) is 3.91. The van der Waals surface area contributed by atoms with Gasteiger partial charge < -0.3 is 4.42 Å². The summed E-state index contributed by atoms with van der Waals surface area (Å²) >= 11 is 4.57. The molecule has 0 saturated carbocycles. The Bertz CT molecular complexity index is 1040. The SMILES string of the molecule is Cc1cc(C)c(SN(Cc2ccc(Br)cc2)C(=O)c2ccc(C(F)(F)F)o2)c(C)c1. The first-order chi connectivity index (χ1) is 14.0. The van der Waals surface area contributed by atoms with Gasteiger partial charge in [-0.05, 0) is 73.7 Å². The van der Waals surface area contributed by atoms with Crippen molar-refractivity contribution in [3.8, 4) is 0 Å². The summed E-state index contributed by atoms with van der Waals surface area (Å²) in [5.74, 6) is -2.17. The number of rotatable bonds is 5. The van der Waals surface area contributed by atoms with Gasteiger partial charge in [-0.1, -0.05) is 45.8 Å². The van der Waals surface area contributed by atoms with Gasteiger partial charge in [0.25, 0.3) is 5.91 Å². The molecule has 1 aromatic heterocycles. The van der Waals surface area contributed by atoms with Crippen LogP contribution in [0.4, 0.5) is 13.2 Å². The first-order valence-electron chi connectivity index (χ1n) is 9.04. The number of carbonyl (C=O) groups is 1. The molecule has 1 amide bonds. The highest BCUT2D eigenvalue weighted by Crippen LogP contribution is 2.35. The molecule has 158 valence electrons. The van der Waals surface area contributed by atoms with Crippen LogP contribution >= 0.6 is 27.9 Å². The fourth-order valence-electron chi connectivity index (χ4n) is 3.05. The number of hydrogen-bond acceptors (Lipinski definition) is 3. The fourth-order valence-corrected chi connectivity index (χ4v) is 4.33. The minimum atomic E-state index is -4.65. The van der Waals surface area contributed by atoms with Gasteiger partial charge in [0.2, 0.25) is 5.76 Å². The van der Waals surface area contributed by atoms with Crippen LogP contribution < -0.4 is 0 Å². The Morgan fingerprint density at radius 1 is 1.03 bits per heavy atom. The van der Waals surface area contributed by atoms with Crippen molar-refractivity contribution in [3.05, 3.63) is 86.8 Å². The standard InChI is InChI=1S/C22H19BrF3NO2S/c1-13-10-14(2)20(15(3)11-13)30-27(12-16-4-6-17(23)7-5-16)21(28)18-8-9-19(29-18)22(24,25)26/h4-11H,12H2,1-3H3. The maximum atomic E-state index is 13.1. The van der Waals surface area contributed by atoms with Crippen LogP contribution in [0.25, 0.3) is 0 Å². The molecule has 0 spiro atoms. The summed E-state index contributed by atoms with van der Waals surface area (Å²) in [6.07, 6.45) is -4.65. The number of aryl methyl sites for hydroxylation is 3. The summed E-state index contributed by atoms with van der Waals surface area (Å²) in [4.78, 5) is 14.0. The highest BCUT2D eigenvalue weighted by Gasteiger charge is 2.36. The zero-order valence-corrected chi connectivity index (χ0v) is 18.9. The minimum Gasteiger partial charge on any atom is -0.446 e. The fraction of sp³-hybridized carbons (Fsp3) is 0.227. The Labute approximate surface area is 185 Å².